The van der Waals surface area contributed by atoms with Gasteiger partial charge in [-0.15, -0.1) is 0 Å². The molecule has 6 nitrogen and oxygen atoms in total. The van der Waals surface area contributed by atoms with Crippen LogP contribution in [-0.4, -0.2) is 40.0 Å². The summed E-state index contributed by atoms with van der Waals surface area (Å²) in [7, 11) is 5.57. The van der Waals surface area contributed by atoms with Gasteiger partial charge in [0.15, 0.2) is 0 Å². The average molecular weight is 328 g/mol. The van der Waals surface area contributed by atoms with Crippen molar-refractivity contribution in [2.45, 2.75) is 11.6 Å². The number of methoxy groups -OCH3 is 4. The molecule has 0 aromatic heterocycles. The van der Waals surface area contributed by atoms with E-state index in [0.717, 1.165) is 5.56 Å². The normalized spacial score (nSPS) is 23.2. The molecule has 1 atom stereocenters. The number of rotatable bonds is 6. The summed E-state index contributed by atoms with van der Waals surface area (Å²) in [6.45, 7) is 0. The summed E-state index contributed by atoms with van der Waals surface area (Å²) in [5, 5.41) is 19.5. The number of hydrogen-bond donors (Lipinski definition) is 0. The number of benzene rings is 1. The van der Waals surface area contributed by atoms with Crippen LogP contribution in [-0.2, 0) is 18.9 Å². The van der Waals surface area contributed by atoms with Crippen LogP contribution in [0.5, 0.6) is 0 Å². The van der Waals surface area contributed by atoms with Crippen LogP contribution in [0.3, 0.4) is 0 Å². The van der Waals surface area contributed by atoms with Crippen LogP contribution in [0.25, 0.3) is 6.08 Å². The van der Waals surface area contributed by atoms with Crippen molar-refractivity contribution in [2.75, 3.05) is 28.4 Å². The molecule has 1 aromatic rings. The topological polar surface area (TPSA) is 84.5 Å². The Bertz CT molecular complexity index is 665. The van der Waals surface area contributed by atoms with Gasteiger partial charge in [-0.05, 0) is 5.56 Å². The summed E-state index contributed by atoms with van der Waals surface area (Å²) >= 11 is 0. The van der Waals surface area contributed by atoms with Crippen LogP contribution in [0.1, 0.15) is 5.56 Å². The molecule has 1 saturated carbocycles. The Morgan fingerprint density at radius 3 is 1.88 bits per heavy atom. The predicted octanol–water partition coefficient (Wildman–Crippen LogP) is 2.34. The van der Waals surface area contributed by atoms with Crippen molar-refractivity contribution in [3.05, 3.63) is 42.0 Å². The zero-order valence-corrected chi connectivity index (χ0v) is 14.1. The zero-order valence-electron chi connectivity index (χ0n) is 14.1. The zero-order chi connectivity index (χ0) is 17.8. The van der Waals surface area contributed by atoms with E-state index < -0.39 is 22.9 Å². The second kappa shape index (κ2) is 6.72. The molecule has 1 aromatic carbocycles. The van der Waals surface area contributed by atoms with Crippen molar-refractivity contribution in [1.82, 2.24) is 0 Å². The standard InChI is InChI=1S/C18H20N2O4/c1-21-17(22-2)15(11-10-14-8-6-5-7-9-14)16(12-19,13-20)18(17,23-3)24-4/h5-11,15H,1-4H3/t15-/m1/s1. The van der Waals surface area contributed by atoms with E-state index in [1.54, 1.807) is 6.08 Å². The molecular formula is C18H20N2O4. The Morgan fingerprint density at radius 2 is 1.46 bits per heavy atom. The molecule has 2 rings (SSSR count). The molecule has 0 bridgehead atoms. The highest BCUT2D eigenvalue weighted by atomic mass is 16.8. The van der Waals surface area contributed by atoms with Gasteiger partial charge in [0.2, 0.25) is 11.2 Å². The van der Waals surface area contributed by atoms with Crippen molar-refractivity contribution >= 4 is 6.08 Å². The fraction of sp³-hybridized carbons (Fsp3) is 0.444. The molecule has 1 aliphatic carbocycles. The van der Waals surface area contributed by atoms with E-state index in [-0.39, 0.29) is 0 Å². The van der Waals surface area contributed by atoms with Crippen LogP contribution < -0.4 is 0 Å². The van der Waals surface area contributed by atoms with E-state index in [1.165, 1.54) is 28.4 Å². The van der Waals surface area contributed by atoms with Crippen molar-refractivity contribution < 1.29 is 18.9 Å². The fourth-order valence-corrected chi connectivity index (χ4v) is 3.54. The molecule has 0 N–H and O–H groups in total. The van der Waals surface area contributed by atoms with Gasteiger partial charge in [-0.2, -0.15) is 10.5 Å². The molecule has 1 fully saturated rings. The van der Waals surface area contributed by atoms with E-state index in [9.17, 15) is 10.5 Å². The summed E-state index contributed by atoms with van der Waals surface area (Å²) in [6, 6.07) is 13.6. The van der Waals surface area contributed by atoms with Gasteiger partial charge in [-0.1, -0.05) is 42.5 Å². The van der Waals surface area contributed by atoms with Crippen LogP contribution in [0, 0.1) is 34.0 Å². The van der Waals surface area contributed by atoms with Crippen molar-refractivity contribution in [2.24, 2.45) is 11.3 Å². The smallest absolute Gasteiger partial charge is 0.257 e. The third-order valence-corrected chi connectivity index (χ3v) is 4.67. The highest BCUT2D eigenvalue weighted by molar-refractivity contribution is 5.52. The molecule has 1 aliphatic rings. The largest absolute Gasteiger partial charge is 0.348 e. The van der Waals surface area contributed by atoms with Gasteiger partial charge in [0, 0.05) is 28.4 Å². The van der Waals surface area contributed by atoms with E-state index in [4.69, 9.17) is 18.9 Å². The number of ether oxygens (including phenoxy) is 4. The molecular weight excluding hydrogens is 308 g/mol. The maximum Gasteiger partial charge on any atom is 0.257 e. The lowest BCUT2D eigenvalue weighted by Crippen LogP contribution is -2.83. The first kappa shape index (κ1) is 18.1. The van der Waals surface area contributed by atoms with E-state index in [0.29, 0.717) is 0 Å². The average Bonchev–Trinajstić information content (AvgIpc) is 2.64. The molecule has 24 heavy (non-hydrogen) atoms. The van der Waals surface area contributed by atoms with Gasteiger partial charge in [-0.3, -0.25) is 0 Å². The molecule has 0 spiro atoms. The van der Waals surface area contributed by atoms with Crippen molar-refractivity contribution in [3.8, 4) is 12.1 Å². The van der Waals surface area contributed by atoms with Crippen LogP contribution in [0.2, 0.25) is 0 Å². The molecule has 126 valence electrons. The van der Waals surface area contributed by atoms with Gasteiger partial charge < -0.3 is 18.9 Å². The van der Waals surface area contributed by atoms with Gasteiger partial charge in [0.25, 0.3) is 5.79 Å². The third kappa shape index (κ3) is 2.02. The van der Waals surface area contributed by atoms with Crippen molar-refractivity contribution in [1.29, 1.82) is 10.5 Å². The first-order chi connectivity index (χ1) is 11.6. The molecule has 0 heterocycles. The maximum atomic E-state index is 9.75. The summed E-state index contributed by atoms with van der Waals surface area (Å²) in [5.41, 5.74) is -0.691. The van der Waals surface area contributed by atoms with E-state index in [2.05, 4.69) is 0 Å². The first-order valence-corrected chi connectivity index (χ1v) is 7.34. The Hall–Kier alpha value is -2.22. The lowest BCUT2D eigenvalue weighted by atomic mass is 9.51. The van der Waals surface area contributed by atoms with E-state index >= 15 is 0 Å². The molecule has 0 unspecified atom stereocenters. The minimum Gasteiger partial charge on any atom is -0.348 e. The lowest BCUT2D eigenvalue weighted by molar-refractivity contribution is -0.489. The fourth-order valence-electron chi connectivity index (χ4n) is 3.54. The Labute approximate surface area is 141 Å². The summed E-state index contributed by atoms with van der Waals surface area (Å²) in [6.07, 6.45) is 3.54. The highest BCUT2D eigenvalue weighted by Gasteiger charge is 2.85. The van der Waals surface area contributed by atoms with Crippen LogP contribution in [0.15, 0.2) is 36.4 Å². The lowest BCUT2D eigenvalue weighted by Gasteiger charge is -2.64. The maximum absolute atomic E-state index is 9.75. The number of hydrogen-bond acceptors (Lipinski definition) is 6. The summed E-state index contributed by atoms with van der Waals surface area (Å²) in [5.74, 6) is -3.80. The summed E-state index contributed by atoms with van der Waals surface area (Å²) in [4.78, 5) is 0. The second-order valence-electron chi connectivity index (χ2n) is 5.38. The Morgan fingerprint density at radius 1 is 0.917 bits per heavy atom. The van der Waals surface area contributed by atoms with E-state index in [1.807, 2.05) is 48.5 Å². The predicted molar refractivity (Wildman–Crippen MR) is 86.1 cm³/mol. The number of nitriles is 2. The minimum atomic E-state index is -1.67. The van der Waals surface area contributed by atoms with Crippen LogP contribution >= 0.6 is 0 Å². The minimum absolute atomic E-state index is 0.713. The number of nitrogens with zero attached hydrogens (tertiary/aromatic N) is 2. The SMILES string of the molecule is COC1(OC)[C@H](C=Cc2ccccc2)C(C#N)(C#N)C1(OC)OC. The monoisotopic (exact) mass is 328 g/mol. The first-order valence-electron chi connectivity index (χ1n) is 7.34. The quantitative estimate of drug-likeness (QED) is 0.745. The Kier molecular flexibility index (Phi) is 5.08. The molecule has 0 saturated heterocycles. The highest BCUT2D eigenvalue weighted by Crippen LogP contribution is 2.65. The molecule has 0 amide bonds. The van der Waals surface area contributed by atoms with Gasteiger partial charge >= 0.3 is 0 Å². The Balaban J connectivity index is 2.57. The molecule has 0 radical (unpaired) electrons. The van der Waals surface area contributed by atoms with Gasteiger partial charge in [-0.25, -0.2) is 0 Å². The van der Waals surface area contributed by atoms with Gasteiger partial charge in [0.05, 0.1) is 18.1 Å². The third-order valence-electron chi connectivity index (χ3n) is 4.67. The van der Waals surface area contributed by atoms with Crippen LogP contribution in [0.4, 0.5) is 0 Å². The molecule has 6 heteroatoms. The van der Waals surface area contributed by atoms with Gasteiger partial charge in [0.1, 0.15) is 0 Å². The second-order valence-corrected chi connectivity index (χ2v) is 5.38. The molecule has 0 aliphatic heterocycles. The van der Waals surface area contributed by atoms with Crippen molar-refractivity contribution in [3.63, 3.8) is 0 Å². The summed E-state index contributed by atoms with van der Waals surface area (Å²) < 4.78 is 22.0.